The predicted octanol–water partition coefficient (Wildman–Crippen LogP) is 0.741. The number of amides is 1. The topological polar surface area (TPSA) is 65.5 Å². The third kappa shape index (κ3) is 5.94. The molecule has 0 aliphatic carbocycles. The Morgan fingerprint density at radius 1 is 1.43 bits per heavy atom. The van der Waals surface area contributed by atoms with Crippen molar-refractivity contribution in [1.82, 2.24) is 15.2 Å². The third-order valence-electron chi connectivity index (χ3n) is 2.99. The van der Waals surface area contributed by atoms with Crippen molar-refractivity contribution < 1.29 is 9.90 Å². The van der Waals surface area contributed by atoms with E-state index in [1.807, 2.05) is 19.0 Å². The molecule has 1 aromatic rings. The van der Waals surface area contributed by atoms with E-state index in [0.717, 1.165) is 6.54 Å². The fourth-order valence-corrected chi connectivity index (χ4v) is 1.80. The number of hydrogen-bond acceptors (Lipinski definition) is 4. The standard InChI is InChI=1S/C16H23N3O2/c1-12(2)15(11-19(3)4)18-16(21)14-8-7-13(10-17-14)6-5-9-20/h7-8,10,12,15,20H,9,11H2,1-4H3,(H,18,21). The molecule has 5 nitrogen and oxygen atoms in total. The summed E-state index contributed by atoms with van der Waals surface area (Å²) in [5, 5.41) is 11.6. The SMILES string of the molecule is CC(C)C(CN(C)C)NC(=O)c1ccc(C#CCO)cn1. The minimum absolute atomic E-state index is 0.0724. The van der Waals surface area contributed by atoms with Crippen LogP contribution in [0.2, 0.25) is 0 Å². The van der Waals surface area contributed by atoms with Crippen molar-refractivity contribution in [3.63, 3.8) is 0 Å². The van der Waals surface area contributed by atoms with Gasteiger partial charge in [-0.15, -0.1) is 0 Å². The van der Waals surface area contributed by atoms with Gasteiger partial charge in [-0.2, -0.15) is 0 Å². The number of carbonyl (C=O) groups is 1. The zero-order chi connectivity index (χ0) is 15.8. The number of likely N-dealkylation sites (N-methyl/N-ethyl adjacent to an activating group) is 1. The molecule has 1 rings (SSSR count). The van der Waals surface area contributed by atoms with Crippen LogP contribution in [0.3, 0.4) is 0 Å². The third-order valence-corrected chi connectivity index (χ3v) is 2.99. The minimum Gasteiger partial charge on any atom is -0.384 e. The smallest absolute Gasteiger partial charge is 0.270 e. The highest BCUT2D eigenvalue weighted by Crippen LogP contribution is 2.05. The fraction of sp³-hybridized carbons (Fsp3) is 0.500. The lowest BCUT2D eigenvalue weighted by molar-refractivity contribution is 0.0911. The number of aliphatic hydroxyl groups is 1. The zero-order valence-corrected chi connectivity index (χ0v) is 13.1. The van der Waals surface area contributed by atoms with Crippen LogP contribution in [-0.2, 0) is 0 Å². The van der Waals surface area contributed by atoms with Crippen LogP contribution in [0.1, 0.15) is 29.9 Å². The second kappa shape index (κ2) is 8.40. The van der Waals surface area contributed by atoms with E-state index in [9.17, 15) is 4.79 Å². The van der Waals surface area contributed by atoms with Gasteiger partial charge >= 0.3 is 0 Å². The van der Waals surface area contributed by atoms with Crippen LogP contribution in [0.15, 0.2) is 18.3 Å². The van der Waals surface area contributed by atoms with E-state index >= 15 is 0 Å². The molecule has 1 unspecified atom stereocenters. The molecule has 0 aliphatic rings. The van der Waals surface area contributed by atoms with E-state index < -0.39 is 0 Å². The van der Waals surface area contributed by atoms with Crippen LogP contribution in [-0.4, -0.2) is 54.2 Å². The molecule has 1 atom stereocenters. The molecule has 0 radical (unpaired) electrons. The summed E-state index contributed by atoms with van der Waals surface area (Å²) in [6, 6.07) is 3.44. The first-order chi connectivity index (χ1) is 9.93. The molecular formula is C16H23N3O2. The van der Waals surface area contributed by atoms with Crippen molar-refractivity contribution in [2.75, 3.05) is 27.2 Å². The van der Waals surface area contributed by atoms with Gasteiger partial charge in [-0.05, 0) is 32.1 Å². The highest BCUT2D eigenvalue weighted by atomic mass is 16.2. The van der Waals surface area contributed by atoms with Gasteiger partial charge in [0.25, 0.3) is 5.91 Å². The Labute approximate surface area is 126 Å². The maximum Gasteiger partial charge on any atom is 0.270 e. The van der Waals surface area contributed by atoms with Gasteiger partial charge in [0.05, 0.1) is 0 Å². The Kier molecular flexibility index (Phi) is 6.86. The van der Waals surface area contributed by atoms with Crippen LogP contribution in [0.25, 0.3) is 0 Å². The fourth-order valence-electron chi connectivity index (χ4n) is 1.80. The highest BCUT2D eigenvalue weighted by Gasteiger charge is 2.18. The highest BCUT2D eigenvalue weighted by molar-refractivity contribution is 5.92. The van der Waals surface area contributed by atoms with Crippen molar-refractivity contribution in [2.24, 2.45) is 5.92 Å². The molecule has 0 spiro atoms. The summed E-state index contributed by atoms with van der Waals surface area (Å²) in [6.07, 6.45) is 1.54. The molecule has 0 aromatic carbocycles. The summed E-state index contributed by atoms with van der Waals surface area (Å²) in [5.41, 5.74) is 1.04. The molecule has 1 aromatic heterocycles. The normalized spacial score (nSPS) is 12.0. The lowest BCUT2D eigenvalue weighted by atomic mass is 10.0. The number of aromatic nitrogens is 1. The quantitative estimate of drug-likeness (QED) is 0.785. The van der Waals surface area contributed by atoms with Gasteiger partial charge in [-0.3, -0.25) is 4.79 Å². The molecule has 1 heterocycles. The van der Waals surface area contributed by atoms with Gasteiger partial charge in [-0.25, -0.2) is 4.98 Å². The van der Waals surface area contributed by atoms with Crippen LogP contribution < -0.4 is 5.32 Å². The molecular weight excluding hydrogens is 266 g/mol. The Balaban J connectivity index is 2.73. The molecule has 2 N–H and O–H groups in total. The summed E-state index contributed by atoms with van der Waals surface area (Å²) in [5.74, 6) is 5.44. The first-order valence-electron chi connectivity index (χ1n) is 6.95. The van der Waals surface area contributed by atoms with Gasteiger partial charge in [0, 0.05) is 24.3 Å². The number of nitrogens with zero attached hydrogens (tertiary/aromatic N) is 2. The van der Waals surface area contributed by atoms with Crippen LogP contribution in [0.4, 0.5) is 0 Å². The van der Waals surface area contributed by atoms with Crippen LogP contribution in [0, 0.1) is 17.8 Å². The maximum atomic E-state index is 12.2. The lowest BCUT2D eigenvalue weighted by Crippen LogP contribution is -2.45. The van der Waals surface area contributed by atoms with Crippen molar-refractivity contribution >= 4 is 5.91 Å². The van der Waals surface area contributed by atoms with E-state index in [-0.39, 0.29) is 18.6 Å². The summed E-state index contributed by atoms with van der Waals surface area (Å²) in [6.45, 7) is 4.75. The van der Waals surface area contributed by atoms with Crippen LogP contribution in [0.5, 0.6) is 0 Å². The first-order valence-corrected chi connectivity index (χ1v) is 6.95. The largest absolute Gasteiger partial charge is 0.384 e. The monoisotopic (exact) mass is 289 g/mol. The first kappa shape index (κ1) is 17.2. The Morgan fingerprint density at radius 3 is 2.62 bits per heavy atom. The van der Waals surface area contributed by atoms with Gasteiger partial charge < -0.3 is 15.3 Å². The molecule has 0 saturated carbocycles. The molecule has 0 saturated heterocycles. The lowest BCUT2D eigenvalue weighted by Gasteiger charge is -2.25. The minimum atomic E-state index is -0.192. The number of aliphatic hydroxyl groups excluding tert-OH is 1. The molecule has 1 amide bonds. The second-order valence-corrected chi connectivity index (χ2v) is 5.48. The van der Waals surface area contributed by atoms with Gasteiger partial charge in [-0.1, -0.05) is 25.7 Å². The predicted molar refractivity (Wildman–Crippen MR) is 82.8 cm³/mol. The number of rotatable bonds is 5. The molecule has 0 fully saturated rings. The van der Waals surface area contributed by atoms with Crippen molar-refractivity contribution in [3.8, 4) is 11.8 Å². The molecule has 5 heteroatoms. The summed E-state index contributed by atoms with van der Waals surface area (Å²) < 4.78 is 0. The van der Waals surface area contributed by atoms with E-state index in [1.54, 1.807) is 12.1 Å². The van der Waals surface area contributed by atoms with E-state index in [2.05, 4.69) is 36.0 Å². The Morgan fingerprint density at radius 2 is 2.14 bits per heavy atom. The zero-order valence-electron chi connectivity index (χ0n) is 13.1. The number of nitrogens with one attached hydrogen (secondary N) is 1. The summed E-state index contributed by atoms with van der Waals surface area (Å²) >= 11 is 0. The molecule has 21 heavy (non-hydrogen) atoms. The van der Waals surface area contributed by atoms with Crippen molar-refractivity contribution in [1.29, 1.82) is 0 Å². The maximum absolute atomic E-state index is 12.2. The van der Waals surface area contributed by atoms with Crippen LogP contribution >= 0.6 is 0 Å². The number of pyridine rings is 1. The second-order valence-electron chi connectivity index (χ2n) is 5.48. The Hall–Kier alpha value is -1.90. The number of hydrogen-bond donors (Lipinski definition) is 2. The average molecular weight is 289 g/mol. The van der Waals surface area contributed by atoms with Gasteiger partial charge in [0.2, 0.25) is 0 Å². The summed E-state index contributed by atoms with van der Waals surface area (Å²) in [4.78, 5) is 18.4. The molecule has 114 valence electrons. The average Bonchev–Trinajstić information content (AvgIpc) is 2.44. The molecule has 0 bridgehead atoms. The van der Waals surface area contributed by atoms with Gasteiger partial charge in [0.1, 0.15) is 12.3 Å². The molecule has 0 aliphatic heterocycles. The Bertz CT molecular complexity index is 513. The summed E-state index contributed by atoms with van der Waals surface area (Å²) in [7, 11) is 3.96. The van der Waals surface area contributed by atoms with E-state index in [1.165, 1.54) is 6.20 Å². The van der Waals surface area contributed by atoms with E-state index in [0.29, 0.717) is 17.2 Å². The van der Waals surface area contributed by atoms with E-state index in [4.69, 9.17) is 5.11 Å². The van der Waals surface area contributed by atoms with Gasteiger partial charge in [0.15, 0.2) is 0 Å². The number of carbonyl (C=O) groups excluding carboxylic acids is 1. The van der Waals surface area contributed by atoms with Crippen molar-refractivity contribution in [3.05, 3.63) is 29.6 Å². The van der Waals surface area contributed by atoms with Crippen molar-refractivity contribution in [2.45, 2.75) is 19.9 Å².